The number of hydrogen-bond acceptors (Lipinski definition) is 6. The monoisotopic (exact) mass is 313 g/mol. The molecule has 0 atom stereocenters. The molecule has 0 radical (unpaired) electrons. The van der Waals surface area contributed by atoms with Gasteiger partial charge in [0.25, 0.3) is 0 Å². The standard InChI is InChI=1S/C12H19N5O3S/c13-17-11-6-5-10(8-14-11)21(19,20)15-7-1-2-12(18)16-9-3-4-9/h5-6,8-9,15H,1-4,7,13H2,(H,14,17)(H,16,18). The molecule has 9 heteroatoms. The molecule has 116 valence electrons. The molecular weight excluding hydrogens is 294 g/mol. The lowest BCUT2D eigenvalue weighted by atomic mass is 10.3. The molecule has 1 amide bonds. The average molecular weight is 313 g/mol. The molecule has 0 saturated heterocycles. The molecule has 2 rings (SSSR count). The highest BCUT2D eigenvalue weighted by molar-refractivity contribution is 7.89. The van der Waals surface area contributed by atoms with Gasteiger partial charge in [-0.25, -0.2) is 24.0 Å². The number of nitrogens with zero attached hydrogens (tertiary/aromatic N) is 1. The van der Waals surface area contributed by atoms with Crippen LogP contribution in [0.2, 0.25) is 0 Å². The van der Waals surface area contributed by atoms with Gasteiger partial charge in [-0.05, 0) is 31.4 Å². The molecule has 1 aliphatic rings. The van der Waals surface area contributed by atoms with Gasteiger partial charge in [-0.1, -0.05) is 0 Å². The largest absolute Gasteiger partial charge is 0.353 e. The van der Waals surface area contributed by atoms with Crippen molar-refractivity contribution < 1.29 is 13.2 Å². The van der Waals surface area contributed by atoms with Crippen molar-refractivity contribution in [2.45, 2.75) is 36.6 Å². The van der Waals surface area contributed by atoms with Crippen molar-refractivity contribution >= 4 is 21.7 Å². The summed E-state index contributed by atoms with van der Waals surface area (Å²) in [6.07, 6.45) is 4.07. The first-order chi connectivity index (χ1) is 10.0. The molecule has 1 aliphatic carbocycles. The molecular formula is C12H19N5O3S. The smallest absolute Gasteiger partial charge is 0.242 e. The quantitative estimate of drug-likeness (QED) is 0.297. The lowest BCUT2D eigenvalue weighted by Gasteiger charge is -2.07. The van der Waals surface area contributed by atoms with Gasteiger partial charge in [0.1, 0.15) is 10.7 Å². The molecule has 0 spiro atoms. The maximum atomic E-state index is 12.0. The summed E-state index contributed by atoms with van der Waals surface area (Å²) in [6, 6.07) is 3.21. The highest BCUT2D eigenvalue weighted by Gasteiger charge is 2.22. The van der Waals surface area contributed by atoms with Gasteiger partial charge in [-0.2, -0.15) is 0 Å². The third kappa shape index (κ3) is 4.96. The Kier molecular flexibility index (Phi) is 5.10. The molecule has 0 aliphatic heterocycles. The van der Waals surface area contributed by atoms with E-state index in [1.54, 1.807) is 0 Å². The van der Waals surface area contributed by atoms with Gasteiger partial charge >= 0.3 is 0 Å². The fourth-order valence-electron chi connectivity index (χ4n) is 1.69. The van der Waals surface area contributed by atoms with Crippen molar-refractivity contribution in [3.8, 4) is 0 Å². The number of anilines is 1. The Balaban J connectivity index is 1.76. The first-order valence-electron chi connectivity index (χ1n) is 6.73. The predicted molar refractivity (Wildman–Crippen MR) is 77.6 cm³/mol. The second-order valence-electron chi connectivity index (χ2n) is 4.87. The molecule has 21 heavy (non-hydrogen) atoms. The summed E-state index contributed by atoms with van der Waals surface area (Å²) >= 11 is 0. The molecule has 1 fully saturated rings. The van der Waals surface area contributed by atoms with E-state index in [0.717, 1.165) is 12.8 Å². The van der Waals surface area contributed by atoms with Crippen molar-refractivity contribution in [3.05, 3.63) is 18.3 Å². The van der Waals surface area contributed by atoms with E-state index in [4.69, 9.17) is 5.84 Å². The van der Waals surface area contributed by atoms with Gasteiger partial charge in [0, 0.05) is 25.2 Å². The lowest BCUT2D eigenvalue weighted by Crippen LogP contribution is -2.28. The van der Waals surface area contributed by atoms with Crippen LogP contribution in [-0.2, 0) is 14.8 Å². The number of nitrogens with two attached hydrogens (primary N) is 1. The summed E-state index contributed by atoms with van der Waals surface area (Å²) in [5.41, 5.74) is 2.32. The molecule has 1 heterocycles. The van der Waals surface area contributed by atoms with E-state index in [-0.39, 0.29) is 17.3 Å². The minimum Gasteiger partial charge on any atom is -0.353 e. The number of amides is 1. The van der Waals surface area contributed by atoms with Gasteiger partial charge in [0.15, 0.2) is 0 Å². The SMILES string of the molecule is NNc1ccc(S(=O)(=O)NCCCC(=O)NC2CC2)cn1. The zero-order valence-corrected chi connectivity index (χ0v) is 12.3. The van der Waals surface area contributed by atoms with Gasteiger partial charge in [-0.15, -0.1) is 0 Å². The second-order valence-corrected chi connectivity index (χ2v) is 6.63. The Bertz CT molecular complexity index is 583. The first-order valence-corrected chi connectivity index (χ1v) is 8.21. The number of aromatic nitrogens is 1. The van der Waals surface area contributed by atoms with Gasteiger partial charge in [-0.3, -0.25) is 4.79 Å². The number of hydrazine groups is 1. The zero-order valence-electron chi connectivity index (χ0n) is 11.5. The summed E-state index contributed by atoms with van der Waals surface area (Å²) in [5.74, 6) is 5.51. The van der Waals surface area contributed by atoms with Gasteiger partial charge in [0.2, 0.25) is 15.9 Å². The van der Waals surface area contributed by atoms with Crippen molar-refractivity contribution in [2.24, 2.45) is 5.84 Å². The number of pyridine rings is 1. The molecule has 0 bridgehead atoms. The Labute approximate surface area is 123 Å². The van der Waals surface area contributed by atoms with Crippen LogP contribution in [0.15, 0.2) is 23.2 Å². The molecule has 0 aromatic carbocycles. The Morgan fingerprint density at radius 1 is 1.38 bits per heavy atom. The zero-order chi connectivity index (χ0) is 15.3. The highest BCUT2D eigenvalue weighted by atomic mass is 32.2. The van der Waals surface area contributed by atoms with E-state index in [0.29, 0.717) is 24.7 Å². The van der Waals surface area contributed by atoms with Crippen molar-refractivity contribution in [3.63, 3.8) is 0 Å². The molecule has 0 unspecified atom stereocenters. The Morgan fingerprint density at radius 3 is 2.71 bits per heavy atom. The number of sulfonamides is 1. The average Bonchev–Trinajstić information content (AvgIpc) is 3.27. The third-order valence-corrected chi connectivity index (χ3v) is 4.46. The van der Waals surface area contributed by atoms with Crippen LogP contribution in [0.3, 0.4) is 0 Å². The van der Waals surface area contributed by atoms with Crippen LogP contribution in [0.4, 0.5) is 5.82 Å². The highest BCUT2D eigenvalue weighted by Crippen LogP contribution is 2.18. The fraction of sp³-hybridized carbons (Fsp3) is 0.500. The van der Waals surface area contributed by atoms with E-state index in [9.17, 15) is 13.2 Å². The van der Waals surface area contributed by atoms with E-state index in [1.165, 1.54) is 18.3 Å². The Hall–Kier alpha value is -1.71. The topological polar surface area (TPSA) is 126 Å². The molecule has 8 nitrogen and oxygen atoms in total. The molecule has 5 N–H and O–H groups in total. The summed E-state index contributed by atoms with van der Waals surface area (Å²) in [5, 5.41) is 2.85. The maximum Gasteiger partial charge on any atom is 0.242 e. The Morgan fingerprint density at radius 2 is 2.14 bits per heavy atom. The molecule has 1 aromatic heterocycles. The van der Waals surface area contributed by atoms with Gasteiger partial charge in [0.05, 0.1) is 0 Å². The van der Waals surface area contributed by atoms with E-state index >= 15 is 0 Å². The lowest BCUT2D eigenvalue weighted by molar-refractivity contribution is -0.121. The summed E-state index contributed by atoms with van der Waals surface area (Å²) in [4.78, 5) is 15.3. The number of rotatable bonds is 8. The third-order valence-electron chi connectivity index (χ3n) is 3.01. The van der Waals surface area contributed by atoms with E-state index in [1.807, 2.05) is 0 Å². The fourth-order valence-corrected chi connectivity index (χ4v) is 2.71. The van der Waals surface area contributed by atoms with Crippen molar-refractivity contribution in [1.82, 2.24) is 15.0 Å². The number of nitrogen functional groups attached to an aromatic ring is 1. The maximum absolute atomic E-state index is 12.0. The van der Waals surface area contributed by atoms with Crippen LogP contribution in [0.5, 0.6) is 0 Å². The van der Waals surface area contributed by atoms with Crippen LogP contribution < -0.4 is 21.3 Å². The number of carbonyl (C=O) groups is 1. The van der Waals surface area contributed by atoms with Crippen LogP contribution >= 0.6 is 0 Å². The molecule has 1 saturated carbocycles. The number of hydrogen-bond donors (Lipinski definition) is 4. The van der Waals surface area contributed by atoms with Crippen molar-refractivity contribution in [1.29, 1.82) is 0 Å². The predicted octanol–water partition coefficient (Wildman–Crippen LogP) is -0.296. The summed E-state index contributed by atoms with van der Waals surface area (Å²) in [7, 11) is -3.61. The molecule has 1 aromatic rings. The normalized spacial score (nSPS) is 14.7. The van der Waals surface area contributed by atoms with Gasteiger partial charge < -0.3 is 10.7 Å². The first kappa shape index (κ1) is 15.7. The van der Waals surface area contributed by atoms with Crippen molar-refractivity contribution in [2.75, 3.05) is 12.0 Å². The second kappa shape index (κ2) is 6.83. The number of carbonyl (C=O) groups excluding carboxylic acids is 1. The minimum atomic E-state index is -3.61. The van der Waals surface area contributed by atoms with Crippen LogP contribution in [-0.4, -0.2) is 31.9 Å². The van der Waals surface area contributed by atoms with E-state index in [2.05, 4.69) is 20.4 Å². The summed E-state index contributed by atoms with van der Waals surface area (Å²) in [6.45, 7) is 0.206. The van der Waals surface area contributed by atoms with Crippen LogP contribution in [0, 0.1) is 0 Å². The number of nitrogens with one attached hydrogen (secondary N) is 3. The minimum absolute atomic E-state index is 0.0308. The van der Waals surface area contributed by atoms with Crippen LogP contribution in [0.25, 0.3) is 0 Å². The van der Waals surface area contributed by atoms with E-state index < -0.39 is 10.0 Å². The summed E-state index contributed by atoms with van der Waals surface area (Å²) < 4.78 is 26.4. The van der Waals surface area contributed by atoms with Crippen LogP contribution in [0.1, 0.15) is 25.7 Å².